The summed E-state index contributed by atoms with van der Waals surface area (Å²) < 4.78 is 24.9. The van der Waals surface area contributed by atoms with Crippen LogP contribution >= 0.6 is 11.3 Å². The monoisotopic (exact) mass is 219 g/mol. The molecular weight excluding hydrogens is 210 g/mol. The van der Waals surface area contributed by atoms with E-state index in [-0.39, 0.29) is 15.6 Å². The van der Waals surface area contributed by atoms with Crippen molar-refractivity contribution in [2.24, 2.45) is 0 Å². The Kier molecular flexibility index (Phi) is 2.84. The molecule has 0 saturated heterocycles. The Morgan fingerprint density at radius 2 is 2.15 bits per heavy atom. The highest BCUT2D eigenvalue weighted by Crippen LogP contribution is 2.22. The van der Waals surface area contributed by atoms with Crippen molar-refractivity contribution >= 4 is 27.1 Å². The van der Waals surface area contributed by atoms with Crippen molar-refractivity contribution in [3.05, 3.63) is 17.0 Å². The van der Waals surface area contributed by atoms with Gasteiger partial charge >= 0.3 is 0 Å². The van der Waals surface area contributed by atoms with Gasteiger partial charge in [-0.1, -0.05) is 0 Å². The number of sulfonamides is 1. The fourth-order valence-corrected chi connectivity index (χ4v) is 3.13. The first-order valence-corrected chi connectivity index (χ1v) is 5.87. The molecule has 0 atom stereocenters. The third-order valence-corrected chi connectivity index (χ3v) is 4.42. The average Bonchev–Trinajstić information content (AvgIpc) is 2.52. The van der Waals surface area contributed by atoms with E-state index >= 15 is 0 Å². The summed E-state index contributed by atoms with van der Waals surface area (Å²) in [6.45, 7) is 1.34. The minimum absolute atomic E-state index is 0.0856. The predicted molar refractivity (Wildman–Crippen MR) is 50.6 cm³/mol. The normalized spacial score (nSPS) is 11.5. The summed E-state index contributed by atoms with van der Waals surface area (Å²) >= 11 is 1.04. The molecule has 1 heterocycles. The number of Topliss-reactive ketones (excluding diaryl/α,β-unsaturated/α-hetero) is 1. The van der Waals surface area contributed by atoms with Crippen molar-refractivity contribution in [3.8, 4) is 0 Å². The van der Waals surface area contributed by atoms with Gasteiger partial charge in [-0.15, -0.1) is 11.3 Å². The van der Waals surface area contributed by atoms with E-state index < -0.39 is 10.0 Å². The summed E-state index contributed by atoms with van der Waals surface area (Å²) in [5, 5.41) is 1.58. The molecule has 0 aromatic carbocycles. The Labute approximate surface area is 80.6 Å². The lowest BCUT2D eigenvalue weighted by molar-refractivity contribution is 0.101. The number of ketones is 1. The van der Waals surface area contributed by atoms with Crippen LogP contribution in [0, 0.1) is 0 Å². The van der Waals surface area contributed by atoms with Crippen molar-refractivity contribution in [1.82, 2.24) is 4.72 Å². The molecule has 0 fully saturated rings. The highest BCUT2D eigenvalue weighted by atomic mass is 32.2. The predicted octanol–water partition coefficient (Wildman–Crippen LogP) is 0.859. The fourth-order valence-electron chi connectivity index (χ4n) is 0.857. The first-order valence-electron chi connectivity index (χ1n) is 3.51. The van der Waals surface area contributed by atoms with E-state index in [0.717, 1.165) is 11.3 Å². The lowest BCUT2D eigenvalue weighted by Crippen LogP contribution is -2.19. The van der Waals surface area contributed by atoms with Gasteiger partial charge in [0.2, 0.25) is 0 Å². The van der Waals surface area contributed by atoms with Gasteiger partial charge in [0.25, 0.3) is 10.0 Å². The highest BCUT2D eigenvalue weighted by molar-refractivity contribution is 7.91. The number of thiophene rings is 1. The molecule has 1 N–H and O–H groups in total. The fraction of sp³-hybridized carbons (Fsp3) is 0.286. The Balaban J connectivity index is 3.31. The minimum Gasteiger partial charge on any atom is -0.294 e. The maximum absolute atomic E-state index is 11.3. The summed E-state index contributed by atoms with van der Waals surface area (Å²) in [7, 11) is -2.16. The Morgan fingerprint density at radius 3 is 2.62 bits per heavy atom. The van der Waals surface area contributed by atoms with Gasteiger partial charge in [-0.25, -0.2) is 13.1 Å². The second-order valence-corrected chi connectivity index (χ2v) is 5.38. The summed E-state index contributed by atoms with van der Waals surface area (Å²) in [6.07, 6.45) is 0. The number of carbonyl (C=O) groups is 1. The first kappa shape index (κ1) is 10.4. The molecule has 0 aliphatic rings. The number of nitrogens with one attached hydrogen (secondary N) is 1. The van der Waals surface area contributed by atoms with Gasteiger partial charge in [-0.05, 0) is 25.4 Å². The van der Waals surface area contributed by atoms with E-state index in [0.29, 0.717) is 0 Å². The average molecular weight is 219 g/mol. The van der Waals surface area contributed by atoms with Crippen LogP contribution in [0.1, 0.15) is 17.3 Å². The highest BCUT2D eigenvalue weighted by Gasteiger charge is 2.20. The minimum atomic E-state index is -3.48. The molecule has 0 aliphatic carbocycles. The van der Waals surface area contributed by atoms with Crippen molar-refractivity contribution in [1.29, 1.82) is 0 Å². The van der Waals surface area contributed by atoms with Crippen LogP contribution < -0.4 is 4.72 Å². The molecule has 1 aromatic rings. The second-order valence-electron chi connectivity index (χ2n) is 2.39. The third kappa shape index (κ3) is 1.96. The lowest BCUT2D eigenvalue weighted by Gasteiger charge is -2.00. The zero-order valence-corrected chi connectivity index (χ0v) is 8.83. The van der Waals surface area contributed by atoms with Gasteiger partial charge in [0.1, 0.15) is 4.21 Å². The Morgan fingerprint density at radius 1 is 1.54 bits per heavy atom. The van der Waals surface area contributed by atoms with Crippen LogP contribution in [0.25, 0.3) is 0 Å². The van der Waals surface area contributed by atoms with Gasteiger partial charge in [-0.3, -0.25) is 4.79 Å². The van der Waals surface area contributed by atoms with E-state index in [1.165, 1.54) is 20.0 Å². The van der Waals surface area contributed by atoms with Crippen LogP contribution in [0.4, 0.5) is 0 Å². The zero-order chi connectivity index (χ0) is 10.1. The molecule has 1 aromatic heterocycles. The standard InChI is InChI=1S/C7H9NO3S2/c1-5(9)6-3-4-12-7(6)13(10,11)8-2/h3-4,8H,1-2H3. The number of hydrogen-bond acceptors (Lipinski definition) is 4. The van der Waals surface area contributed by atoms with Crippen LogP contribution in [-0.4, -0.2) is 21.2 Å². The molecule has 72 valence electrons. The maximum atomic E-state index is 11.3. The molecule has 0 spiro atoms. The Bertz CT molecular complexity index is 419. The maximum Gasteiger partial charge on any atom is 0.250 e. The summed E-state index contributed by atoms with van der Waals surface area (Å²) in [6, 6.07) is 1.51. The quantitative estimate of drug-likeness (QED) is 0.767. The molecule has 1 rings (SSSR count). The first-order chi connectivity index (χ1) is 5.99. The van der Waals surface area contributed by atoms with Gasteiger partial charge in [0.15, 0.2) is 5.78 Å². The van der Waals surface area contributed by atoms with Gasteiger partial charge < -0.3 is 0 Å². The van der Waals surface area contributed by atoms with Crippen LogP contribution in [0.3, 0.4) is 0 Å². The Hall–Kier alpha value is -0.720. The number of carbonyl (C=O) groups excluding carboxylic acids is 1. The largest absolute Gasteiger partial charge is 0.294 e. The summed E-state index contributed by atoms with van der Waals surface area (Å²) in [5.74, 6) is -0.241. The van der Waals surface area contributed by atoms with E-state index in [1.807, 2.05) is 0 Å². The van der Waals surface area contributed by atoms with Crippen molar-refractivity contribution in [3.63, 3.8) is 0 Å². The smallest absolute Gasteiger partial charge is 0.250 e. The molecule has 6 heteroatoms. The molecule has 4 nitrogen and oxygen atoms in total. The molecule has 0 saturated carbocycles. The van der Waals surface area contributed by atoms with E-state index in [9.17, 15) is 13.2 Å². The lowest BCUT2D eigenvalue weighted by atomic mass is 10.2. The number of rotatable bonds is 3. The van der Waals surface area contributed by atoms with Crippen LogP contribution in [0.15, 0.2) is 15.7 Å². The third-order valence-electron chi connectivity index (χ3n) is 1.52. The van der Waals surface area contributed by atoms with Crippen molar-refractivity contribution < 1.29 is 13.2 Å². The topological polar surface area (TPSA) is 63.2 Å². The van der Waals surface area contributed by atoms with Crippen molar-refractivity contribution in [2.75, 3.05) is 7.05 Å². The molecule has 0 amide bonds. The van der Waals surface area contributed by atoms with E-state index in [1.54, 1.807) is 5.38 Å². The van der Waals surface area contributed by atoms with E-state index in [4.69, 9.17) is 0 Å². The van der Waals surface area contributed by atoms with Crippen LogP contribution in [0.5, 0.6) is 0 Å². The second kappa shape index (κ2) is 3.57. The summed E-state index contributed by atoms with van der Waals surface area (Å²) in [5.41, 5.74) is 0.249. The molecule has 0 radical (unpaired) electrons. The number of hydrogen-bond donors (Lipinski definition) is 1. The SMILES string of the molecule is CNS(=O)(=O)c1sccc1C(C)=O. The van der Waals surface area contributed by atoms with Crippen LogP contribution in [0.2, 0.25) is 0 Å². The summed E-state index contributed by atoms with van der Waals surface area (Å²) in [4.78, 5) is 11.0. The molecule has 0 bridgehead atoms. The van der Waals surface area contributed by atoms with Gasteiger partial charge in [0, 0.05) is 5.56 Å². The molecular formula is C7H9NO3S2. The molecule has 13 heavy (non-hydrogen) atoms. The van der Waals surface area contributed by atoms with Crippen LogP contribution in [-0.2, 0) is 10.0 Å². The van der Waals surface area contributed by atoms with Crippen molar-refractivity contribution in [2.45, 2.75) is 11.1 Å². The molecule has 0 unspecified atom stereocenters. The van der Waals surface area contributed by atoms with Gasteiger partial charge in [-0.2, -0.15) is 0 Å². The van der Waals surface area contributed by atoms with Gasteiger partial charge in [0.05, 0.1) is 0 Å². The van der Waals surface area contributed by atoms with E-state index in [2.05, 4.69) is 4.72 Å². The zero-order valence-electron chi connectivity index (χ0n) is 7.20. The molecule has 0 aliphatic heterocycles.